The second-order valence-electron chi connectivity index (χ2n) is 4.38. The average molecular weight is 289 g/mol. The third-order valence-corrected chi connectivity index (χ3v) is 3.85. The third kappa shape index (κ3) is 2.01. The van der Waals surface area contributed by atoms with Crippen molar-refractivity contribution >= 4 is 28.3 Å². The van der Waals surface area contributed by atoms with Crippen LogP contribution in [0, 0.1) is 6.92 Å². The van der Waals surface area contributed by atoms with Crippen LogP contribution in [0.3, 0.4) is 0 Å². The first-order chi connectivity index (χ1) is 9.56. The first-order valence-corrected chi connectivity index (χ1v) is 6.80. The zero-order chi connectivity index (χ0) is 14.3. The molecule has 0 spiro atoms. The number of hydrogen-bond acceptors (Lipinski definition) is 4. The second kappa shape index (κ2) is 4.61. The summed E-state index contributed by atoms with van der Waals surface area (Å²) in [6, 6.07) is 4.82. The van der Waals surface area contributed by atoms with Crippen LogP contribution >= 0.6 is 11.3 Å². The Kier molecular flexibility index (Phi) is 2.90. The topological polar surface area (TPSA) is 88.0 Å². The van der Waals surface area contributed by atoms with E-state index in [0.29, 0.717) is 17.6 Å². The molecule has 0 aliphatic carbocycles. The number of nitrogens with one attached hydrogen (secondary N) is 1. The number of aromatic carboxylic acids is 1. The Morgan fingerprint density at radius 2 is 2.30 bits per heavy atom. The van der Waals surface area contributed by atoms with E-state index < -0.39 is 5.97 Å². The molecule has 20 heavy (non-hydrogen) atoms. The Bertz CT molecular complexity index is 859. The van der Waals surface area contributed by atoms with Gasteiger partial charge in [-0.15, -0.1) is 11.3 Å². The molecule has 102 valence electrons. The van der Waals surface area contributed by atoms with E-state index in [-0.39, 0.29) is 11.3 Å². The quantitative estimate of drug-likeness (QED) is 0.770. The normalized spacial score (nSPS) is 11.1. The van der Waals surface area contributed by atoms with Crippen LogP contribution in [0.2, 0.25) is 0 Å². The lowest BCUT2D eigenvalue weighted by Gasteiger charge is -2.01. The van der Waals surface area contributed by atoms with Crippen LogP contribution in [0.15, 0.2) is 28.4 Å². The Balaban J connectivity index is 2.16. The Hall–Kier alpha value is -2.41. The molecule has 2 heterocycles. The van der Waals surface area contributed by atoms with Gasteiger partial charge in [-0.2, -0.15) is 0 Å². The maximum atomic E-state index is 12.0. The molecule has 0 saturated carbocycles. The summed E-state index contributed by atoms with van der Waals surface area (Å²) in [5, 5.41) is 12.0. The molecule has 0 aliphatic heterocycles. The number of para-hydroxylation sites is 1. The van der Waals surface area contributed by atoms with Crippen molar-refractivity contribution in [3.63, 3.8) is 0 Å². The van der Waals surface area contributed by atoms with E-state index in [0.717, 1.165) is 10.7 Å². The van der Waals surface area contributed by atoms with E-state index in [1.165, 1.54) is 22.0 Å². The molecule has 0 aliphatic rings. The first-order valence-electron chi connectivity index (χ1n) is 5.92. The van der Waals surface area contributed by atoms with E-state index in [1.807, 2.05) is 12.3 Å². The zero-order valence-corrected chi connectivity index (χ0v) is 11.4. The highest BCUT2D eigenvalue weighted by atomic mass is 32.1. The van der Waals surface area contributed by atoms with E-state index in [2.05, 4.69) is 9.97 Å². The second-order valence-corrected chi connectivity index (χ2v) is 5.44. The number of nitrogens with zero attached hydrogens (tertiary/aromatic N) is 2. The number of hydrogen-bond donors (Lipinski definition) is 2. The molecule has 2 aromatic heterocycles. The zero-order valence-electron chi connectivity index (χ0n) is 10.6. The number of aromatic amines is 1. The van der Waals surface area contributed by atoms with Gasteiger partial charge in [-0.05, 0) is 19.1 Å². The number of aromatic nitrogens is 3. The van der Waals surface area contributed by atoms with Crippen molar-refractivity contribution in [1.29, 1.82) is 0 Å². The molecule has 0 radical (unpaired) electrons. The van der Waals surface area contributed by atoms with Crippen molar-refractivity contribution in [2.45, 2.75) is 13.5 Å². The molecule has 0 bridgehead atoms. The van der Waals surface area contributed by atoms with Gasteiger partial charge < -0.3 is 10.1 Å². The third-order valence-electron chi connectivity index (χ3n) is 3.03. The van der Waals surface area contributed by atoms with Crippen molar-refractivity contribution in [1.82, 2.24) is 14.5 Å². The molecule has 3 rings (SSSR count). The van der Waals surface area contributed by atoms with Gasteiger partial charge in [0.25, 0.3) is 0 Å². The maximum Gasteiger partial charge on any atom is 0.337 e. The number of carboxylic acid groups (broad SMARTS) is 1. The number of thiazole rings is 1. The summed E-state index contributed by atoms with van der Waals surface area (Å²) in [7, 11) is 0. The summed E-state index contributed by atoms with van der Waals surface area (Å²) in [5.41, 5.74) is 1.46. The van der Waals surface area contributed by atoms with Crippen LogP contribution in [0.5, 0.6) is 0 Å². The smallest absolute Gasteiger partial charge is 0.337 e. The summed E-state index contributed by atoms with van der Waals surface area (Å²) in [4.78, 5) is 30.1. The fourth-order valence-electron chi connectivity index (χ4n) is 2.16. The van der Waals surface area contributed by atoms with Crippen molar-refractivity contribution in [3.05, 3.63) is 50.3 Å². The monoisotopic (exact) mass is 289 g/mol. The lowest BCUT2D eigenvalue weighted by molar-refractivity contribution is 0.0699. The molecule has 0 atom stereocenters. The SMILES string of the molecule is Cc1nc(Cn2c(=O)[nH]c3c(C(=O)O)cccc32)cs1. The minimum Gasteiger partial charge on any atom is -0.478 e. The van der Waals surface area contributed by atoms with Gasteiger partial charge in [0, 0.05) is 5.38 Å². The average Bonchev–Trinajstić information content (AvgIpc) is 2.94. The fourth-order valence-corrected chi connectivity index (χ4v) is 2.76. The van der Waals surface area contributed by atoms with Gasteiger partial charge in [-0.3, -0.25) is 4.57 Å². The number of imidazole rings is 1. The summed E-state index contributed by atoms with van der Waals surface area (Å²) in [6.45, 7) is 2.22. The number of rotatable bonds is 3. The van der Waals surface area contributed by atoms with Gasteiger partial charge in [-0.1, -0.05) is 6.07 Å². The summed E-state index contributed by atoms with van der Waals surface area (Å²) < 4.78 is 1.50. The summed E-state index contributed by atoms with van der Waals surface area (Å²) >= 11 is 1.51. The van der Waals surface area contributed by atoms with E-state index in [4.69, 9.17) is 5.11 Å². The van der Waals surface area contributed by atoms with Crippen molar-refractivity contribution in [2.75, 3.05) is 0 Å². The first kappa shape index (κ1) is 12.6. The number of benzene rings is 1. The van der Waals surface area contributed by atoms with Crippen LogP contribution in [0.1, 0.15) is 21.1 Å². The van der Waals surface area contributed by atoms with Crippen LogP contribution in [0.4, 0.5) is 0 Å². The molecule has 0 fully saturated rings. The molecular weight excluding hydrogens is 278 g/mol. The molecular formula is C13H11N3O3S. The van der Waals surface area contributed by atoms with Gasteiger partial charge in [0.2, 0.25) is 0 Å². The van der Waals surface area contributed by atoms with E-state index in [9.17, 15) is 9.59 Å². The predicted molar refractivity (Wildman–Crippen MR) is 75.5 cm³/mol. The molecule has 3 aromatic rings. The van der Waals surface area contributed by atoms with Gasteiger partial charge in [0.15, 0.2) is 0 Å². The van der Waals surface area contributed by atoms with Gasteiger partial charge in [0.05, 0.1) is 33.8 Å². The van der Waals surface area contributed by atoms with E-state index >= 15 is 0 Å². The summed E-state index contributed by atoms with van der Waals surface area (Å²) in [5.74, 6) is -1.06. The standard InChI is InChI=1S/C13H11N3O3S/c1-7-14-8(6-20-7)5-16-10-4-2-3-9(12(17)18)11(10)15-13(16)19/h2-4,6H,5H2,1H3,(H,15,19)(H,17,18). The molecule has 0 saturated heterocycles. The lowest BCUT2D eigenvalue weighted by atomic mass is 10.2. The number of aryl methyl sites for hydroxylation is 1. The number of carboxylic acids is 1. The van der Waals surface area contributed by atoms with Crippen molar-refractivity contribution < 1.29 is 9.90 Å². The number of H-pyrrole nitrogens is 1. The highest BCUT2D eigenvalue weighted by Crippen LogP contribution is 2.17. The fraction of sp³-hybridized carbons (Fsp3) is 0.154. The Morgan fingerprint density at radius 1 is 1.50 bits per heavy atom. The summed E-state index contributed by atoms with van der Waals surface area (Å²) in [6.07, 6.45) is 0. The van der Waals surface area contributed by atoms with Gasteiger partial charge in [-0.25, -0.2) is 14.6 Å². The lowest BCUT2D eigenvalue weighted by Crippen LogP contribution is -2.17. The Morgan fingerprint density at radius 3 is 2.95 bits per heavy atom. The maximum absolute atomic E-state index is 12.0. The molecule has 0 unspecified atom stereocenters. The van der Waals surface area contributed by atoms with Crippen LogP contribution in [-0.2, 0) is 6.54 Å². The predicted octanol–water partition coefficient (Wildman–Crippen LogP) is 1.84. The molecule has 1 aromatic carbocycles. The highest BCUT2D eigenvalue weighted by Gasteiger charge is 2.14. The molecule has 6 nitrogen and oxygen atoms in total. The van der Waals surface area contributed by atoms with Crippen LogP contribution < -0.4 is 5.69 Å². The van der Waals surface area contributed by atoms with Crippen LogP contribution in [0.25, 0.3) is 11.0 Å². The highest BCUT2D eigenvalue weighted by molar-refractivity contribution is 7.09. The van der Waals surface area contributed by atoms with Gasteiger partial charge >= 0.3 is 11.7 Å². The Labute approximate surface area is 117 Å². The van der Waals surface area contributed by atoms with E-state index in [1.54, 1.807) is 12.1 Å². The molecule has 2 N–H and O–H groups in total. The number of fused-ring (bicyclic) bond motifs is 1. The number of carbonyl (C=O) groups is 1. The minimum absolute atomic E-state index is 0.0906. The van der Waals surface area contributed by atoms with Crippen molar-refractivity contribution in [3.8, 4) is 0 Å². The molecule has 7 heteroatoms. The van der Waals surface area contributed by atoms with Crippen LogP contribution in [-0.4, -0.2) is 25.6 Å². The molecule has 0 amide bonds. The largest absolute Gasteiger partial charge is 0.478 e. The minimum atomic E-state index is -1.06. The van der Waals surface area contributed by atoms with Gasteiger partial charge in [0.1, 0.15) is 0 Å². The van der Waals surface area contributed by atoms with Crippen molar-refractivity contribution in [2.24, 2.45) is 0 Å².